The topological polar surface area (TPSA) is 113 Å². The van der Waals surface area contributed by atoms with Gasteiger partial charge in [0.15, 0.2) is 5.82 Å². The molecular weight excluding hydrogens is 504 g/mol. The van der Waals surface area contributed by atoms with Crippen LogP contribution in [-0.4, -0.2) is 40.9 Å². The molecule has 10 heteroatoms. The van der Waals surface area contributed by atoms with Crippen LogP contribution in [0.5, 0.6) is 0 Å². The molecule has 4 aromatic heterocycles. The number of fused-ring (bicyclic) bond motifs is 1. The summed E-state index contributed by atoms with van der Waals surface area (Å²) >= 11 is 0. The second-order valence-electron chi connectivity index (χ2n) is 10.4. The molecule has 10 nitrogen and oxygen atoms in total. The maximum absolute atomic E-state index is 13.8. The van der Waals surface area contributed by atoms with Gasteiger partial charge < -0.3 is 10.1 Å². The molecule has 1 aromatic carbocycles. The smallest absolute Gasteiger partial charge is 0.260 e. The lowest BCUT2D eigenvalue weighted by atomic mass is 10.0. The van der Waals surface area contributed by atoms with Crippen molar-refractivity contribution >= 4 is 22.7 Å². The van der Waals surface area contributed by atoms with Crippen LogP contribution in [0.4, 0.5) is 11.6 Å². The maximum atomic E-state index is 13.8. The number of anilines is 2. The summed E-state index contributed by atoms with van der Waals surface area (Å²) in [5, 5.41) is 8.19. The lowest BCUT2D eigenvalue weighted by molar-refractivity contribution is 0.0150. The van der Waals surface area contributed by atoms with E-state index in [4.69, 9.17) is 14.7 Å². The molecule has 1 fully saturated rings. The van der Waals surface area contributed by atoms with Gasteiger partial charge in [0.05, 0.1) is 6.10 Å². The van der Waals surface area contributed by atoms with Crippen LogP contribution in [0.1, 0.15) is 56.5 Å². The first kappa shape index (κ1) is 25.8. The van der Waals surface area contributed by atoms with Crippen LogP contribution < -0.4 is 10.9 Å². The predicted molar refractivity (Wildman–Crippen MR) is 154 cm³/mol. The Hall–Kier alpha value is -4.44. The minimum atomic E-state index is -0.125. The Kier molecular flexibility index (Phi) is 6.85. The van der Waals surface area contributed by atoms with Gasteiger partial charge in [-0.25, -0.2) is 19.6 Å². The zero-order chi connectivity index (χ0) is 27.8. The molecule has 5 aromatic rings. The van der Waals surface area contributed by atoms with Crippen molar-refractivity contribution in [3.05, 3.63) is 76.6 Å². The molecule has 0 amide bonds. The van der Waals surface area contributed by atoms with E-state index in [2.05, 4.69) is 32.5 Å². The summed E-state index contributed by atoms with van der Waals surface area (Å²) in [5.74, 6) is 1.10. The number of nitrogens with one attached hydrogen (secondary N) is 1. The van der Waals surface area contributed by atoms with Crippen molar-refractivity contribution in [1.82, 2.24) is 34.3 Å². The Morgan fingerprint density at radius 3 is 2.52 bits per heavy atom. The van der Waals surface area contributed by atoms with Crippen LogP contribution in [0.25, 0.3) is 33.7 Å². The van der Waals surface area contributed by atoms with Crippen LogP contribution in [0.15, 0.2) is 59.8 Å². The quantitative estimate of drug-likeness (QED) is 0.302. The highest BCUT2D eigenvalue weighted by Gasteiger charge is 2.19. The van der Waals surface area contributed by atoms with Crippen LogP contribution in [0.3, 0.4) is 0 Å². The molecule has 1 atom stereocenters. The Balaban J connectivity index is 1.34. The number of hydrogen-bond donors (Lipinski definition) is 1. The first-order valence-corrected chi connectivity index (χ1v) is 13.6. The summed E-state index contributed by atoms with van der Waals surface area (Å²) in [6.45, 7) is 6.68. The van der Waals surface area contributed by atoms with E-state index >= 15 is 0 Å². The van der Waals surface area contributed by atoms with Crippen molar-refractivity contribution in [1.29, 1.82) is 0 Å². The van der Waals surface area contributed by atoms with E-state index in [9.17, 15) is 4.79 Å². The van der Waals surface area contributed by atoms with E-state index < -0.39 is 0 Å². The monoisotopic (exact) mass is 536 g/mol. The number of rotatable bonds is 6. The molecule has 6 rings (SSSR count). The highest BCUT2D eigenvalue weighted by Crippen LogP contribution is 2.30. The Morgan fingerprint density at radius 1 is 1.02 bits per heavy atom. The average Bonchev–Trinajstić information content (AvgIpc) is 3.39. The molecule has 1 unspecified atom stereocenters. The van der Waals surface area contributed by atoms with Crippen molar-refractivity contribution in [2.45, 2.75) is 52.2 Å². The SMILES string of the molecule is Cc1nc(-c2ncnn2C)ccc1-c1cc2cnc(Nc3ccc(C4CCCCO4)cc3)nc2n(C(C)C)c1=O. The fraction of sp³-hybridized carbons (Fsp3) is 0.333. The van der Waals surface area contributed by atoms with E-state index in [0.717, 1.165) is 41.8 Å². The Bertz CT molecular complexity index is 1730. The summed E-state index contributed by atoms with van der Waals surface area (Å²) in [6.07, 6.45) is 6.79. The number of hydrogen-bond acceptors (Lipinski definition) is 8. The summed E-state index contributed by atoms with van der Waals surface area (Å²) < 4.78 is 9.30. The standard InChI is InChI=1S/C30H32N8O2/c1-18(2)38-27-21(15-24(29(38)39)23-12-13-25(34-19(23)3)28-32-17-33-37(28)4)16-31-30(36-27)35-22-10-8-20(9-11-22)26-7-5-6-14-40-26/h8-13,15-18,26H,5-7,14H2,1-4H3,(H,31,35,36). The fourth-order valence-corrected chi connectivity index (χ4v) is 5.26. The highest BCUT2D eigenvalue weighted by molar-refractivity contribution is 5.82. The third-order valence-electron chi connectivity index (χ3n) is 7.32. The number of ether oxygens (including phenoxy) is 1. The Morgan fingerprint density at radius 2 is 1.85 bits per heavy atom. The van der Waals surface area contributed by atoms with E-state index in [-0.39, 0.29) is 17.7 Å². The molecule has 1 aliphatic heterocycles. The van der Waals surface area contributed by atoms with Crippen LogP contribution in [0, 0.1) is 6.92 Å². The largest absolute Gasteiger partial charge is 0.374 e. The van der Waals surface area contributed by atoms with E-state index in [0.29, 0.717) is 28.7 Å². The first-order chi connectivity index (χ1) is 19.4. The van der Waals surface area contributed by atoms with Crippen molar-refractivity contribution < 1.29 is 4.74 Å². The summed E-state index contributed by atoms with van der Waals surface area (Å²) in [5.41, 5.74) is 5.25. The summed E-state index contributed by atoms with van der Waals surface area (Å²) in [7, 11) is 1.82. The van der Waals surface area contributed by atoms with E-state index in [1.54, 1.807) is 15.4 Å². The number of benzene rings is 1. The molecule has 0 aliphatic carbocycles. The molecule has 5 heterocycles. The van der Waals surface area contributed by atoms with Gasteiger partial charge in [-0.1, -0.05) is 18.2 Å². The minimum Gasteiger partial charge on any atom is -0.374 e. The van der Waals surface area contributed by atoms with Crippen LogP contribution in [-0.2, 0) is 11.8 Å². The number of aryl methyl sites for hydroxylation is 2. The maximum Gasteiger partial charge on any atom is 0.260 e. The van der Waals surface area contributed by atoms with Gasteiger partial charge in [0.1, 0.15) is 17.7 Å². The average molecular weight is 537 g/mol. The van der Waals surface area contributed by atoms with E-state index in [1.807, 2.05) is 58.2 Å². The number of pyridine rings is 2. The zero-order valence-electron chi connectivity index (χ0n) is 23.1. The minimum absolute atomic E-state index is 0.112. The number of nitrogens with zero attached hydrogens (tertiary/aromatic N) is 7. The second-order valence-corrected chi connectivity index (χ2v) is 10.4. The molecule has 0 radical (unpaired) electrons. The van der Waals surface area contributed by atoms with Gasteiger partial charge in [-0.2, -0.15) is 10.1 Å². The number of aromatic nitrogens is 7. The first-order valence-electron chi connectivity index (χ1n) is 13.6. The van der Waals surface area contributed by atoms with Gasteiger partial charge in [-0.05, 0) is 69.9 Å². The zero-order valence-corrected chi connectivity index (χ0v) is 23.1. The van der Waals surface area contributed by atoms with Gasteiger partial charge in [0.25, 0.3) is 5.56 Å². The fourth-order valence-electron chi connectivity index (χ4n) is 5.26. The van der Waals surface area contributed by atoms with Crippen molar-refractivity contribution in [2.75, 3.05) is 11.9 Å². The normalized spacial score (nSPS) is 15.6. The lowest BCUT2D eigenvalue weighted by Crippen LogP contribution is -2.25. The second kappa shape index (κ2) is 10.6. The Labute approximate surface area is 232 Å². The van der Waals surface area contributed by atoms with Gasteiger partial charge in [0.2, 0.25) is 5.95 Å². The van der Waals surface area contributed by atoms with Gasteiger partial charge in [-0.3, -0.25) is 9.36 Å². The summed E-state index contributed by atoms with van der Waals surface area (Å²) in [4.78, 5) is 32.2. The molecule has 204 valence electrons. The lowest BCUT2D eigenvalue weighted by Gasteiger charge is -2.23. The molecular formula is C30H32N8O2. The molecule has 0 spiro atoms. The molecule has 1 aliphatic rings. The van der Waals surface area contributed by atoms with Crippen molar-refractivity contribution in [2.24, 2.45) is 7.05 Å². The van der Waals surface area contributed by atoms with Crippen molar-refractivity contribution in [3.63, 3.8) is 0 Å². The molecule has 40 heavy (non-hydrogen) atoms. The van der Waals surface area contributed by atoms with Crippen molar-refractivity contribution in [3.8, 4) is 22.6 Å². The third kappa shape index (κ3) is 4.86. The van der Waals surface area contributed by atoms with Crippen LogP contribution in [0.2, 0.25) is 0 Å². The van der Waals surface area contributed by atoms with Gasteiger partial charge in [0, 0.05) is 53.8 Å². The van der Waals surface area contributed by atoms with Gasteiger partial charge >= 0.3 is 0 Å². The third-order valence-corrected chi connectivity index (χ3v) is 7.32. The predicted octanol–water partition coefficient (Wildman–Crippen LogP) is 5.52. The van der Waals surface area contributed by atoms with Gasteiger partial charge in [-0.15, -0.1) is 0 Å². The van der Waals surface area contributed by atoms with E-state index in [1.165, 1.54) is 18.3 Å². The highest BCUT2D eigenvalue weighted by atomic mass is 16.5. The molecule has 1 saturated heterocycles. The molecule has 1 N–H and O–H groups in total. The molecule has 0 bridgehead atoms. The van der Waals surface area contributed by atoms with Crippen LogP contribution >= 0.6 is 0 Å². The summed E-state index contributed by atoms with van der Waals surface area (Å²) in [6, 6.07) is 13.7. The molecule has 0 saturated carbocycles.